The first kappa shape index (κ1) is 14.8. The molecular formula is C13H15FN4O3S. The lowest BCUT2D eigenvalue weighted by Gasteiger charge is -2.29. The fraction of sp³-hybridized carbons (Fsp3) is 0.308. The second-order valence-electron chi connectivity index (χ2n) is 4.82. The molecule has 1 aliphatic heterocycles. The topological polar surface area (TPSA) is 87.3 Å². The molecule has 0 radical (unpaired) electrons. The molecule has 0 bridgehead atoms. The molecule has 9 heteroatoms. The summed E-state index contributed by atoms with van der Waals surface area (Å²) >= 11 is 0. The number of anilines is 2. The molecule has 0 spiro atoms. The van der Waals surface area contributed by atoms with Gasteiger partial charge < -0.3 is 14.6 Å². The van der Waals surface area contributed by atoms with E-state index in [4.69, 9.17) is 4.74 Å². The molecule has 0 unspecified atom stereocenters. The third kappa shape index (κ3) is 3.20. The van der Waals surface area contributed by atoms with Crippen LogP contribution in [0.1, 0.15) is 0 Å². The number of hydrogen-bond acceptors (Lipinski definition) is 5. The van der Waals surface area contributed by atoms with Crippen molar-refractivity contribution in [2.24, 2.45) is 0 Å². The van der Waals surface area contributed by atoms with E-state index in [1.165, 1.54) is 18.6 Å². The van der Waals surface area contributed by atoms with Crippen LogP contribution in [0.5, 0.6) is 0 Å². The van der Waals surface area contributed by atoms with Crippen LogP contribution in [0.15, 0.2) is 35.7 Å². The monoisotopic (exact) mass is 326 g/mol. The summed E-state index contributed by atoms with van der Waals surface area (Å²) in [5, 5.41) is -0.0790. The van der Waals surface area contributed by atoms with E-state index in [1.54, 1.807) is 6.07 Å². The third-order valence-electron chi connectivity index (χ3n) is 3.27. The average molecular weight is 326 g/mol. The summed E-state index contributed by atoms with van der Waals surface area (Å²) in [7, 11) is -3.81. The Morgan fingerprint density at radius 3 is 2.73 bits per heavy atom. The van der Waals surface area contributed by atoms with Crippen molar-refractivity contribution in [1.82, 2.24) is 9.97 Å². The summed E-state index contributed by atoms with van der Waals surface area (Å²) in [6.45, 7) is 2.39. The van der Waals surface area contributed by atoms with Crippen LogP contribution in [-0.2, 0) is 14.8 Å². The molecule has 1 aromatic heterocycles. The fourth-order valence-corrected chi connectivity index (χ4v) is 3.18. The van der Waals surface area contributed by atoms with Gasteiger partial charge in [-0.2, -0.15) is 8.42 Å². The number of sulfonamides is 1. The van der Waals surface area contributed by atoms with Gasteiger partial charge >= 0.3 is 0 Å². The minimum atomic E-state index is -3.81. The van der Waals surface area contributed by atoms with Crippen LogP contribution in [0, 0.1) is 5.82 Å². The highest BCUT2D eigenvalue weighted by Crippen LogP contribution is 2.24. The highest BCUT2D eigenvalue weighted by atomic mass is 32.2. The highest BCUT2D eigenvalue weighted by Gasteiger charge is 2.18. The van der Waals surface area contributed by atoms with Crippen LogP contribution in [0.3, 0.4) is 0 Å². The zero-order valence-electron chi connectivity index (χ0n) is 11.6. The molecule has 1 aromatic carbocycles. The fourth-order valence-electron chi connectivity index (χ4n) is 2.24. The summed E-state index contributed by atoms with van der Waals surface area (Å²) in [4.78, 5) is 8.12. The van der Waals surface area contributed by atoms with Gasteiger partial charge in [0, 0.05) is 18.8 Å². The van der Waals surface area contributed by atoms with Crippen LogP contribution in [0.4, 0.5) is 15.8 Å². The second-order valence-corrected chi connectivity index (χ2v) is 6.47. The molecule has 2 aromatic rings. The van der Waals surface area contributed by atoms with Crippen molar-refractivity contribution in [2.75, 3.05) is 35.9 Å². The number of nitrogens with one attached hydrogen (secondary N) is 2. The number of H-pyrrole nitrogens is 1. The van der Waals surface area contributed by atoms with Gasteiger partial charge in [0.2, 0.25) is 0 Å². The SMILES string of the molecule is O=S(=O)(Nc1cc(F)cc(N2CCOCC2)c1)c1cnc[nH]1. The quantitative estimate of drug-likeness (QED) is 0.881. The van der Waals surface area contributed by atoms with Gasteiger partial charge in [-0.15, -0.1) is 0 Å². The molecule has 2 heterocycles. The first-order valence-corrected chi connectivity index (χ1v) is 8.17. The number of rotatable bonds is 4. The van der Waals surface area contributed by atoms with Gasteiger partial charge in [0.1, 0.15) is 5.82 Å². The Kier molecular flexibility index (Phi) is 3.99. The molecule has 0 atom stereocenters. The number of halogens is 1. The average Bonchev–Trinajstić information content (AvgIpc) is 3.02. The Hall–Kier alpha value is -2.13. The van der Waals surface area contributed by atoms with Gasteiger partial charge in [0.05, 0.1) is 31.4 Å². The van der Waals surface area contributed by atoms with Crippen LogP contribution in [0.25, 0.3) is 0 Å². The van der Waals surface area contributed by atoms with E-state index < -0.39 is 15.8 Å². The van der Waals surface area contributed by atoms with Crippen molar-refractivity contribution in [3.05, 3.63) is 36.5 Å². The second kappa shape index (κ2) is 5.93. The van der Waals surface area contributed by atoms with E-state index in [0.29, 0.717) is 32.0 Å². The number of morpholine rings is 1. The van der Waals surface area contributed by atoms with E-state index >= 15 is 0 Å². The zero-order chi connectivity index (χ0) is 15.6. The van der Waals surface area contributed by atoms with Gasteiger partial charge in [-0.05, 0) is 18.2 Å². The van der Waals surface area contributed by atoms with Crippen LogP contribution < -0.4 is 9.62 Å². The molecule has 1 saturated heterocycles. The van der Waals surface area contributed by atoms with E-state index in [9.17, 15) is 12.8 Å². The van der Waals surface area contributed by atoms with Crippen LogP contribution in [-0.4, -0.2) is 44.7 Å². The number of aromatic amines is 1. The van der Waals surface area contributed by atoms with Crippen molar-refractivity contribution >= 4 is 21.4 Å². The molecule has 0 aliphatic carbocycles. The number of imidazole rings is 1. The maximum Gasteiger partial charge on any atom is 0.278 e. The van der Waals surface area contributed by atoms with E-state index in [0.717, 1.165) is 6.07 Å². The number of hydrogen-bond donors (Lipinski definition) is 2. The zero-order valence-corrected chi connectivity index (χ0v) is 12.4. The van der Waals surface area contributed by atoms with E-state index in [2.05, 4.69) is 14.7 Å². The molecular weight excluding hydrogens is 311 g/mol. The Morgan fingerprint density at radius 1 is 1.27 bits per heavy atom. The van der Waals surface area contributed by atoms with Gasteiger partial charge in [-0.1, -0.05) is 0 Å². The van der Waals surface area contributed by atoms with Crippen molar-refractivity contribution in [3.8, 4) is 0 Å². The minimum Gasteiger partial charge on any atom is -0.378 e. The molecule has 22 heavy (non-hydrogen) atoms. The molecule has 7 nitrogen and oxygen atoms in total. The van der Waals surface area contributed by atoms with Crippen molar-refractivity contribution < 1.29 is 17.5 Å². The lowest BCUT2D eigenvalue weighted by atomic mass is 10.2. The van der Waals surface area contributed by atoms with Gasteiger partial charge in [0.25, 0.3) is 10.0 Å². The van der Waals surface area contributed by atoms with Crippen LogP contribution in [0.2, 0.25) is 0 Å². The van der Waals surface area contributed by atoms with Crippen molar-refractivity contribution in [2.45, 2.75) is 5.03 Å². The lowest BCUT2D eigenvalue weighted by molar-refractivity contribution is 0.122. The summed E-state index contributed by atoms with van der Waals surface area (Å²) in [5.74, 6) is -0.508. The van der Waals surface area contributed by atoms with Crippen molar-refractivity contribution in [3.63, 3.8) is 0 Å². The minimum absolute atomic E-state index is 0.0790. The Labute approximate surface area is 127 Å². The van der Waals surface area contributed by atoms with E-state index in [1.807, 2.05) is 4.90 Å². The number of benzene rings is 1. The Balaban J connectivity index is 1.86. The maximum atomic E-state index is 13.8. The molecule has 1 fully saturated rings. The predicted octanol–water partition coefficient (Wildman–Crippen LogP) is 1.19. The number of nitrogens with zero attached hydrogens (tertiary/aromatic N) is 2. The lowest BCUT2D eigenvalue weighted by Crippen LogP contribution is -2.36. The largest absolute Gasteiger partial charge is 0.378 e. The first-order valence-electron chi connectivity index (χ1n) is 6.69. The Morgan fingerprint density at radius 2 is 2.05 bits per heavy atom. The number of aromatic nitrogens is 2. The first-order chi connectivity index (χ1) is 10.5. The highest BCUT2D eigenvalue weighted by molar-refractivity contribution is 7.92. The summed E-state index contributed by atoms with van der Waals surface area (Å²) < 4.78 is 45.6. The molecule has 1 aliphatic rings. The van der Waals surface area contributed by atoms with Gasteiger partial charge in [0.15, 0.2) is 5.03 Å². The molecule has 0 saturated carbocycles. The van der Waals surface area contributed by atoms with Crippen LogP contribution >= 0.6 is 0 Å². The summed E-state index contributed by atoms with van der Waals surface area (Å²) in [5.41, 5.74) is 0.779. The standard InChI is InChI=1S/C13H15FN4O3S/c14-10-5-11(17-22(19,20)13-8-15-9-16-13)7-12(6-10)18-1-3-21-4-2-18/h5-9,17H,1-4H2,(H,15,16). The maximum absolute atomic E-state index is 13.8. The summed E-state index contributed by atoms with van der Waals surface area (Å²) in [6.07, 6.45) is 2.45. The normalized spacial score (nSPS) is 15.8. The summed E-state index contributed by atoms with van der Waals surface area (Å²) in [6, 6.07) is 4.11. The van der Waals surface area contributed by atoms with E-state index in [-0.39, 0.29) is 10.7 Å². The smallest absolute Gasteiger partial charge is 0.278 e. The molecule has 3 rings (SSSR count). The molecule has 0 amide bonds. The molecule has 118 valence electrons. The Bertz CT molecular complexity index is 743. The molecule has 2 N–H and O–H groups in total. The predicted molar refractivity (Wildman–Crippen MR) is 78.8 cm³/mol. The number of ether oxygens (including phenoxy) is 1. The van der Waals surface area contributed by atoms with Gasteiger partial charge in [-0.3, -0.25) is 4.72 Å². The van der Waals surface area contributed by atoms with Crippen molar-refractivity contribution in [1.29, 1.82) is 0 Å². The third-order valence-corrected chi connectivity index (χ3v) is 4.58. The van der Waals surface area contributed by atoms with Gasteiger partial charge in [-0.25, -0.2) is 9.37 Å².